The molecule has 4 aromatic carbocycles. The molecule has 2 radical (unpaired) electrons. The first kappa shape index (κ1) is 28.8. The summed E-state index contributed by atoms with van der Waals surface area (Å²) in [6.45, 7) is 4.53. The Morgan fingerprint density at radius 1 is 0.800 bits per heavy atom. The van der Waals surface area contributed by atoms with Gasteiger partial charge in [0.2, 0.25) is 0 Å². The van der Waals surface area contributed by atoms with Gasteiger partial charge in [0.1, 0.15) is 7.85 Å². The first-order chi connectivity index (χ1) is 19.7. The molecule has 0 aliphatic carbocycles. The average Bonchev–Trinajstić information content (AvgIpc) is 3.58. The van der Waals surface area contributed by atoms with Crippen LogP contribution in [0.3, 0.4) is 0 Å². The van der Waals surface area contributed by atoms with Gasteiger partial charge in [-0.3, -0.25) is 0 Å². The van der Waals surface area contributed by atoms with Gasteiger partial charge in [0.15, 0.2) is 0 Å². The fraction of sp³-hybridized carbons (Fsp3) is 0.139. The number of aromatic nitrogens is 2. The Kier molecular flexibility index (Phi) is 10.7. The van der Waals surface area contributed by atoms with E-state index < -0.39 is 9.52 Å². The number of hydrogen-bond donors (Lipinski definition) is 0. The fourth-order valence-corrected chi connectivity index (χ4v) is 7.20. The second-order valence-electron chi connectivity index (χ2n) is 9.89. The molecule has 198 valence electrons. The number of allylic oxidation sites excluding steroid dienone is 1. The maximum absolute atomic E-state index is 5.67. The van der Waals surface area contributed by atoms with Gasteiger partial charge in [0.05, 0.1) is 21.0 Å². The molecule has 1 unspecified atom stereocenters. The third kappa shape index (κ3) is 7.08. The molecule has 0 saturated heterocycles. The molecule has 0 saturated carbocycles. The van der Waals surface area contributed by atoms with Gasteiger partial charge in [-0.25, -0.2) is 4.98 Å². The monoisotopic (exact) mass is 536 g/mol. The molecular formula is C36H37BN2Si. The van der Waals surface area contributed by atoms with E-state index in [0.717, 1.165) is 16.7 Å². The number of hydrogen-bond acceptors (Lipinski definition) is 1. The molecule has 5 aromatic rings. The molecule has 1 heterocycles. The molecule has 4 heteroatoms. The van der Waals surface area contributed by atoms with Crippen LogP contribution in [0, 0.1) is 5.92 Å². The lowest BCUT2D eigenvalue weighted by atomic mass is 9.92. The minimum absolute atomic E-state index is 0.150. The first-order valence-corrected chi connectivity index (χ1v) is 15.5. The van der Waals surface area contributed by atoms with Crippen LogP contribution in [-0.2, 0) is 5.16 Å². The highest BCUT2D eigenvalue weighted by Crippen LogP contribution is 2.33. The highest BCUT2D eigenvalue weighted by atomic mass is 28.2. The van der Waals surface area contributed by atoms with Crippen LogP contribution in [0.25, 0.3) is 5.57 Å². The summed E-state index contributed by atoms with van der Waals surface area (Å²) in [6, 6.07) is 42.0. The molecule has 1 aromatic heterocycles. The fourth-order valence-electron chi connectivity index (χ4n) is 4.92. The SMILES string of the molecule is CCC(C)C=C[SiH2]C(c1ccccc1)(c1ccccc1)n1ccnc1.[B]C=C(c1ccccc1)c1ccccc1. The second kappa shape index (κ2) is 14.9. The van der Waals surface area contributed by atoms with Gasteiger partial charge in [-0.05, 0) is 33.7 Å². The van der Waals surface area contributed by atoms with Gasteiger partial charge in [0.25, 0.3) is 0 Å². The van der Waals surface area contributed by atoms with E-state index in [2.05, 4.69) is 126 Å². The zero-order chi connectivity index (χ0) is 28.0. The van der Waals surface area contributed by atoms with Crippen molar-refractivity contribution in [1.82, 2.24) is 9.55 Å². The van der Waals surface area contributed by atoms with Crippen LogP contribution in [0.5, 0.6) is 0 Å². The summed E-state index contributed by atoms with van der Waals surface area (Å²) in [6.07, 6.45) is 9.52. The van der Waals surface area contributed by atoms with Crippen molar-refractivity contribution in [3.63, 3.8) is 0 Å². The third-order valence-corrected chi connectivity index (χ3v) is 9.59. The molecule has 0 aliphatic rings. The topological polar surface area (TPSA) is 17.8 Å². The van der Waals surface area contributed by atoms with Crippen molar-refractivity contribution < 1.29 is 0 Å². The Balaban J connectivity index is 0.000000210. The van der Waals surface area contributed by atoms with Gasteiger partial charge in [0, 0.05) is 12.4 Å². The lowest BCUT2D eigenvalue weighted by molar-refractivity contribution is 0.595. The quantitative estimate of drug-likeness (QED) is 0.177. The van der Waals surface area contributed by atoms with Crippen molar-refractivity contribution in [3.05, 3.63) is 180 Å². The van der Waals surface area contributed by atoms with E-state index in [4.69, 9.17) is 7.85 Å². The Hall–Kier alpha value is -4.15. The Bertz CT molecular complexity index is 1370. The molecular weight excluding hydrogens is 499 g/mol. The molecule has 0 fully saturated rings. The molecule has 1 atom stereocenters. The predicted octanol–water partition coefficient (Wildman–Crippen LogP) is 7.61. The van der Waals surface area contributed by atoms with Crippen molar-refractivity contribution in [1.29, 1.82) is 0 Å². The largest absolute Gasteiger partial charge is 0.326 e. The van der Waals surface area contributed by atoms with Gasteiger partial charge >= 0.3 is 0 Å². The standard InChI is InChI=1S/C22H26N2Si.C14H11B/c1-3-19(2)14-17-25-22(24-16-15-23-18-24,20-10-6-4-7-11-20)21-12-8-5-9-13-21;15-11-14(12-7-3-1-4-8-12)13-9-5-2-6-10-13/h4-19H,3,25H2,1-2H3;1-11H. The molecule has 2 nitrogen and oxygen atoms in total. The maximum atomic E-state index is 5.67. The number of imidazole rings is 1. The van der Waals surface area contributed by atoms with Crippen molar-refractivity contribution >= 4 is 22.9 Å². The van der Waals surface area contributed by atoms with E-state index in [1.165, 1.54) is 17.5 Å². The van der Waals surface area contributed by atoms with E-state index >= 15 is 0 Å². The van der Waals surface area contributed by atoms with Crippen molar-refractivity contribution in [2.75, 3.05) is 0 Å². The maximum Gasteiger partial charge on any atom is 0.103 e. The molecule has 0 amide bonds. The summed E-state index contributed by atoms with van der Waals surface area (Å²) in [5.74, 6) is 2.28. The molecule has 0 bridgehead atoms. The molecule has 0 aliphatic heterocycles. The summed E-state index contributed by atoms with van der Waals surface area (Å²) in [7, 11) is 5.02. The second-order valence-corrected chi connectivity index (χ2v) is 11.8. The summed E-state index contributed by atoms with van der Waals surface area (Å²) in [5.41, 5.74) is 8.49. The summed E-state index contributed by atoms with van der Waals surface area (Å²) < 4.78 is 2.30. The number of nitrogens with zero attached hydrogens (tertiary/aromatic N) is 2. The van der Waals surface area contributed by atoms with E-state index in [9.17, 15) is 0 Å². The average molecular weight is 537 g/mol. The smallest absolute Gasteiger partial charge is 0.103 e. The lowest BCUT2D eigenvalue weighted by Gasteiger charge is -2.36. The van der Waals surface area contributed by atoms with Gasteiger partial charge in [-0.15, -0.1) is 11.7 Å². The molecule has 0 N–H and O–H groups in total. The van der Waals surface area contributed by atoms with E-state index in [0.29, 0.717) is 5.92 Å². The predicted molar refractivity (Wildman–Crippen MR) is 174 cm³/mol. The minimum atomic E-state index is -0.657. The van der Waals surface area contributed by atoms with Crippen molar-refractivity contribution in [2.24, 2.45) is 5.92 Å². The van der Waals surface area contributed by atoms with Crippen LogP contribution >= 0.6 is 0 Å². The van der Waals surface area contributed by atoms with Crippen LogP contribution in [0.4, 0.5) is 0 Å². The Morgan fingerprint density at radius 2 is 1.27 bits per heavy atom. The number of rotatable bonds is 9. The number of benzene rings is 4. The first-order valence-electron chi connectivity index (χ1n) is 14.0. The van der Waals surface area contributed by atoms with E-state index in [1.807, 2.05) is 48.9 Å². The van der Waals surface area contributed by atoms with Crippen LogP contribution in [0.2, 0.25) is 0 Å². The highest BCUT2D eigenvalue weighted by molar-refractivity contribution is 6.47. The van der Waals surface area contributed by atoms with Gasteiger partial charge in [-0.1, -0.05) is 148 Å². The van der Waals surface area contributed by atoms with Crippen LogP contribution in [-0.4, -0.2) is 26.9 Å². The zero-order valence-electron chi connectivity index (χ0n) is 23.5. The molecule has 40 heavy (non-hydrogen) atoms. The van der Waals surface area contributed by atoms with Gasteiger partial charge in [-0.2, -0.15) is 0 Å². The lowest BCUT2D eigenvalue weighted by Crippen LogP contribution is -2.41. The summed E-state index contributed by atoms with van der Waals surface area (Å²) in [4.78, 5) is 4.36. The van der Waals surface area contributed by atoms with Crippen molar-refractivity contribution in [3.8, 4) is 0 Å². The minimum Gasteiger partial charge on any atom is -0.326 e. The van der Waals surface area contributed by atoms with Crippen molar-refractivity contribution in [2.45, 2.75) is 25.4 Å². The van der Waals surface area contributed by atoms with Gasteiger partial charge < -0.3 is 4.57 Å². The highest BCUT2D eigenvalue weighted by Gasteiger charge is 2.34. The summed E-state index contributed by atoms with van der Waals surface area (Å²) >= 11 is 0. The Morgan fingerprint density at radius 3 is 1.68 bits per heavy atom. The van der Waals surface area contributed by atoms with Crippen LogP contribution in [0.15, 0.2) is 158 Å². The van der Waals surface area contributed by atoms with Crippen LogP contribution < -0.4 is 0 Å². The molecule has 5 rings (SSSR count). The van der Waals surface area contributed by atoms with E-state index in [-0.39, 0.29) is 5.16 Å². The third-order valence-electron chi connectivity index (χ3n) is 7.31. The summed E-state index contributed by atoms with van der Waals surface area (Å²) in [5, 5.41) is -0.150. The zero-order valence-corrected chi connectivity index (χ0v) is 24.9. The Labute approximate surface area is 243 Å². The normalized spacial score (nSPS) is 12.2. The van der Waals surface area contributed by atoms with E-state index in [1.54, 1.807) is 5.98 Å². The van der Waals surface area contributed by atoms with Crippen LogP contribution in [0.1, 0.15) is 42.5 Å². The molecule has 0 spiro atoms.